The van der Waals surface area contributed by atoms with E-state index in [2.05, 4.69) is 154 Å². The van der Waals surface area contributed by atoms with Crippen molar-refractivity contribution in [2.24, 2.45) is 10.8 Å². The molecule has 1 aliphatic carbocycles. The lowest BCUT2D eigenvalue weighted by Gasteiger charge is -2.31. The van der Waals surface area contributed by atoms with E-state index in [0.29, 0.717) is 0 Å². The first-order valence-corrected chi connectivity index (χ1v) is 12.8. The number of hydrogen-bond donors (Lipinski definition) is 0. The van der Waals surface area contributed by atoms with E-state index in [1.165, 1.54) is 16.7 Å². The maximum Gasteiger partial charge on any atom is 0.170 e. The third-order valence-corrected chi connectivity index (χ3v) is 8.63. The maximum atomic E-state index is 7.35. The molecule has 2 heteroatoms. The van der Waals surface area contributed by atoms with E-state index in [-0.39, 0.29) is 16.9 Å². The highest BCUT2D eigenvalue weighted by Gasteiger charge is 2.67. The lowest BCUT2D eigenvalue weighted by Crippen LogP contribution is -2.31. The zero-order chi connectivity index (χ0) is 25.0. The zero-order valence-electron chi connectivity index (χ0n) is 21.5. The van der Waals surface area contributed by atoms with Gasteiger partial charge in [-0.25, -0.2) is 5.06 Å². The SMILES string of the molecule is CC1(C)C(=C2C(c3ccccc3)N(c3ccccc3)OC2(c2ccccc2)c2ccccc2)C1(C)C. The van der Waals surface area contributed by atoms with Crippen LogP contribution in [0.2, 0.25) is 0 Å². The van der Waals surface area contributed by atoms with Crippen molar-refractivity contribution in [1.82, 2.24) is 0 Å². The molecule has 2 nitrogen and oxygen atoms in total. The average Bonchev–Trinajstić information content (AvgIpc) is 3.16. The Hall–Kier alpha value is -3.62. The van der Waals surface area contributed by atoms with E-state index >= 15 is 0 Å². The van der Waals surface area contributed by atoms with Crippen LogP contribution >= 0.6 is 0 Å². The van der Waals surface area contributed by atoms with E-state index in [9.17, 15) is 0 Å². The summed E-state index contributed by atoms with van der Waals surface area (Å²) < 4.78 is 0. The largest absolute Gasteiger partial charge is 0.252 e. The van der Waals surface area contributed by atoms with Gasteiger partial charge in [-0.15, -0.1) is 0 Å². The van der Waals surface area contributed by atoms with Crippen molar-refractivity contribution in [3.63, 3.8) is 0 Å². The molecule has 1 saturated heterocycles. The molecule has 4 aromatic rings. The van der Waals surface area contributed by atoms with Crippen molar-refractivity contribution in [3.05, 3.63) is 149 Å². The van der Waals surface area contributed by atoms with Crippen molar-refractivity contribution >= 4 is 5.69 Å². The van der Waals surface area contributed by atoms with Gasteiger partial charge in [-0.05, 0) is 39.7 Å². The molecule has 4 aromatic carbocycles. The van der Waals surface area contributed by atoms with Gasteiger partial charge in [0.15, 0.2) is 5.60 Å². The first-order chi connectivity index (χ1) is 17.4. The first kappa shape index (κ1) is 22.8. The number of benzene rings is 4. The Morgan fingerprint density at radius 1 is 0.556 bits per heavy atom. The summed E-state index contributed by atoms with van der Waals surface area (Å²) in [6.07, 6.45) is 0. The zero-order valence-corrected chi connectivity index (χ0v) is 21.5. The van der Waals surface area contributed by atoms with Crippen LogP contribution in [0.25, 0.3) is 0 Å². The van der Waals surface area contributed by atoms with Crippen LogP contribution in [0.1, 0.15) is 50.4 Å². The molecule has 1 atom stereocenters. The van der Waals surface area contributed by atoms with Gasteiger partial charge in [0.05, 0.1) is 5.69 Å². The van der Waals surface area contributed by atoms with Crippen LogP contribution < -0.4 is 5.06 Å². The lowest BCUT2D eigenvalue weighted by molar-refractivity contribution is 0.0294. The molecule has 2 aliphatic rings. The molecule has 0 spiro atoms. The smallest absolute Gasteiger partial charge is 0.170 e. The number of para-hydroxylation sites is 1. The fourth-order valence-electron chi connectivity index (χ4n) is 6.22. The van der Waals surface area contributed by atoms with Crippen molar-refractivity contribution in [2.75, 3.05) is 5.06 Å². The van der Waals surface area contributed by atoms with Crippen LogP contribution in [-0.2, 0) is 10.4 Å². The monoisotopic (exact) mass is 471 g/mol. The van der Waals surface area contributed by atoms with Crippen molar-refractivity contribution in [2.45, 2.75) is 39.3 Å². The number of anilines is 1. The molecule has 1 unspecified atom stereocenters. The minimum Gasteiger partial charge on any atom is -0.252 e. The fraction of sp³-hybridized carbons (Fsp3) is 0.235. The Morgan fingerprint density at radius 3 is 1.42 bits per heavy atom. The normalized spacial score (nSPS) is 21.4. The first-order valence-electron chi connectivity index (χ1n) is 12.8. The van der Waals surface area contributed by atoms with E-state index in [1.807, 2.05) is 0 Å². The molecule has 0 N–H and O–H groups in total. The Morgan fingerprint density at radius 2 is 0.972 bits per heavy atom. The van der Waals surface area contributed by atoms with E-state index < -0.39 is 5.60 Å². The molecule has 0 amide bonds. The van der Waals surface area contributed by atoms with Crippen LogP contribution in [-0.4, -0.2) is 0 Å². The summed E-state index contributed by atoms with van der Waals surface area (Å²) >= 11 is 0. The Kier molecular flexibility index (Phi) is 5.21. The standard InChI is InChI=1S/C34H33NO/c1-32(2)31(33(32,3)4)29-30(25-17-9-5-10-18-25)35(28-23-15-8-16-24-28)36-34(29,26-19-11-6-12-20-26)27-21-13-7-14-22-27/h5-24,30H,1-4H3. The Labute approximate surface area is 214 Å². The topological polar surface area (TPSA) is 12.5 Å². The number of nitrogens with zero attached hydrogens (tertiary/aromatic N) is 1. The van der Waals surface area contributed by atoms with Crippen LogP contribution in [0, 0.1) is 10.8 Å². The van der Waals surface area contributed by atoms with Gasteiger partial charge in [0.2, 0.25) is 0 Å². The van der Waals surface area contributed by atoms with Gasteiger partial charge in [0.1, 0.15) is 6.04 Å². The predicted molar refractivity (Wildman–Crippen MR) is 147 cm³/mol. The van der Waals surface area contributed by atoms with Gasteiger partial charge in [-0.1, -0.05) is 142 Å². The molecule has 1 saturated carbocycles. The highest BCUT2D eigenvalue weighted by molar-refractivity contribution is 5.64. The minimum atomic E-state index is -0.751. The van der Waals surface area contributed by atoms with Crippen LogP contribution in [0.3, 0.4) is 0 Å². The van der Waals surface area contributed by atoms with E-state index in [0.717, 1.165) is 16.8 Å². The summed E-state index contributed by atoms with van der Waals surface area (Å²) in [7, 11) is 0. The average molecular weight is 472 g/mol. The summed E-state index contributed by atoms with van der Waals surface area (Å²) in [5.41, 5.74) is 6.76. The molecule has 36 heavy (non-hydrogen) atoms. The number of allylic oxidation sites excluding steroid dienone is 1. The molecular weight excluding hydrogens is 438 g/mol. The third-order valence-electron chi connectivity index (χ3n) is 8.63. The van der Waals surface area contributed by atoms with Crippen LogP contribution in [0.15, 0.2) is 132 Å². The molecule has 180 valence electrons. The van der Waals surface area contributed by atoms with Crippen LogP contribution in [0.4, 0.5) is 5.69 Å². The van der Waals surface area contributed by atoms with Crippen molar-refractivity contribution < 1.29 is 4.84 Å². The van der Waals surface area contributed by atoms with E-state index in [4.69, 9.17) is 4.84 Å². The van der Waals surface area contributed by atoms with Gasteiger partial charge in [0.25, 0.3) is 0 Å². The van der Waals surface area contributed by atoms with Crippen LogP contribution in [0.5, 0.6) is 0 Å². The second-order valence-electron chi connectivity index (χ2n) is 11.0. The summed E-state index contributed by atoms with van der Waals surface area (Å²) in [5.74, 6) is 0. The predicted octanol–water partition coefficient (Wildman–Crippen LogP) is 8.49. The summed E-state index contributed by atoms with van der Waals surface area (Å²) in [6.45, 7) is 9.51. The maximum absolute atomic E-state index is 7.35. The van der Waals surface area contributed by atoms with Crippen molar-refractivity contribution in [1.29, 1.82) is 0 Å². The Bertz CT molecular complexity index is 1330. The summed E-state index contributed by atoms with van der Waals surface area (Å²) in [4.78, 5) is 7.35. The number of rotatable bonds is 4. The quantitative estimate of drug-likeness (QED) is 0.277. The molecule has 1 aliphatic heterocycles. The Balaban J connectivity index is 1.74. The highest BCUT2D eigenvalue weighted by atomic mass is 16.7. The number of hydroxylamine groups is 1. The van der Waals surface area contributed by atoms with E-state index in [1.54, 1.807) is 0 Å². The lowest BCUT2D eigenvalue weighted by atomic mass is 9.75. The molecule has 0 aromatic heterocycles. The highest BCUT2D eigenvalue weighted by Crippen LogP contribution is 2.74. The number of hydrogen-bond acceptors (Lipinski definition) is 2. The minimum absolute atomic E-state index is 0.0558. The van der Waals surface area contributed by atoms with Gasteiger partial charge >= 0.3 is 0 Å². The second-order valence-corrected chi connectivity index (χ2v) is 11.0. The van der Waals surface area contributed by atoms with Gasteiger partial charge in [0, 0.05) is 5.57 Å². The molecule has 2 fully saturated rings. The molecule has 6 rings (SSSR count). The van der Waals surface area contributed by atoms with Crippen molar-refractivity contribution in [3.8, 4) is 0 Å². The molecule has 1 heterocycles. The summed E-state index contributed by atoms with van der Waals surface area (Å²) in [5, 5.41) is 2.15. The second kappa shape index (κ2) is 8.21. The summed E-state index contributed by atoms with van der Waals surface area (Å²) in [6, 6.07) is 42.8. The van der Waals surface area contributed by atoms with Gasteiger partial charge in [-0.2, -0.15) is 0 Å². The molecule has 0 radical (unpaired) electrons. The molecule has 0 bridgehead atoms. The molecular formula is C34H33NO. The van der Waals surface area contributed by atoms with Gasteiger partial charge in [-0.3, -0.25) is 4.84 Å². The fourth-order valence-corrected chi connectivity index (χ4v) is 6.22. The van der Waals surface area contributed by atoms with Gasteiger partial charge < -0.3 is 0 Å². The third kappa shape index (κ3) is 3.21.